The summed E-state index contributed by atoms with van der Waals surface area (Å²) in [5.41, 5.74) is 2.75. The Morgan fingerprint density at radius 2 is 2.00 bits per heavy atom. The van der Waals surface area contributed by atoms with Crippen molar-refractivity contribution >= 4 is 68.8 Å². The number of halogens is 3. The lowest BCUT2D eigenvalue weighted by Gasteiger charge is -2.16. The maximum Gasteiger partial charge on any atom is 0.278 e. The predicted octanol–water partition coefficient (Wildman–Crippen LogP) is 4.37. The molecule has 2 aromatic rings. The van der Waals surface area contributed by atoms with Gasteiger partial charge in [-0.15, -0.1) is 11.3 Å². The van der Waals surface area contributed by atoms with Crippen LogP contribution in [0.4, 0.5) is 10.8 Å². The summed E-state index contributed by atoms with van der Waals surface area (Å²) >= 11 is 17.8. The molecule has 0 unspecified atom stereocenters. The van der Waals surface area contributed by atoms with E-state index in [1.165, 1.54) is 11.3 Å². The minimum Gasteiger partial charge on any atom is -0.314 e. The Hall–Kier alpha value is -1.34. The van der Waals surface area contributed by atoms with E-state index in [1.807, 2.05) is 32.0 Å². The number of anilines is 2. The van der Waals surface area contributed by atoms with Crippen LogP contribution in [0.5, 0.6) is 0 Å². The summed E-state index contributed by atoms with van der Waals surface area (Å²) < 4.78 is -2.05. The van der Waals surface area contributed by atoms with Crippen LogP contribution in [0.2, 0.25) is 0 Å². The summed E-state index contributed by atoms with van der Waals surface area (Å²) in [6, 6.07) is 5.74. The van der Waals surface area contributed by atoms with Crippen LogP contribution in [0.15, 0.2) is 23.6 Å². The quantitative estimate of drug-likeness (QED) is 0.737. The number of carbonyl (C=O) groups is 2. The first-order chi connectivity index (χ1) is 11.5. The Bertz CT molecular complexity index is 874. The Morgan fingerprint density at radius 1 is 1.32 bits per heavy atom. The molecule has 5 nitrogen and oxygen atoms in total. The van der Waals surface area contributed by atoms with Crippen LogP contribution in [-0.2, 0) is 15.0 Å². The van der Waals surface area contributed by atoms with Gasteiger partial charge >= 0.3 is 0 Å². The van der Waals surface area contributed by atoms with Crippen molar-refractivity contribution in [2.75, 3.05) is 17.3 Å². The van der Waals surface area contributed by atoms with E-state index in [0.29, 0.717) is 10.8 Å². The molecule has 0 spiro atoms. The van der Waals surface area contributed by atoms with E-state index in [1.54, 1.807) is 17.3 Å². The van der Waals surface area contributed by atoms with E-state index in [9.17, 15) is 9.59 Å². The van der Waals surface area contributed by atoms with Gasteiger partial charge in [0.2, 0.25) is 5.91 Å². The average Bonchev–Trinajstić information content (AvgIpc) is 3.05. The number of likely N-dealkylation sites (N-methyl/N-ethyl adjacent to an activating group) is 1. The van der Waals surface area contributed by atoms with Gasteiger partial charge in [0.05, 0.1) is 11.1 Å². The molecule has 3 rings (SSSR count). The molecule has 1 aliphatic rings. The largest absolute Gasteiger partial charge is 0.314 e. The second-order valence-corrected chi connectivity index (χ2v) is 9.35. The van der Waals surface area contributed by atoms with Crippen LogP contribution < -0.4 is 10.2 Å². The van der Waals surface area contributed by atoms with Gasteiger partial charge in [-0.05, 0) is 31.5 Å². The van der Waals surface area contributed by atoms with Crippen molar-refractivity contribution in [2.24, 2.45) is 0 Å². The lowest BCUT2D eigenvalue weighted by Crippen LogP contribution is -2.33. The second kappa shape index (κ2) is 6.13. The molecule has 25 heavy (non-hydrogen) atoms. The molecule has 9 heteroatoms. The van der Waals surface area contributed by atoms with E-state index in [-0.39, 0.29) is 5.91 Å². The standard InChI is InChI=1S/C16H14Cl3N3O2S/c1-15(2)9-6-8(4-5-11(9)22(3)13(15)24)10-7-25-14(20-10)21-12(23)16(17,18)19/h4-7H,1-3H3,(H,20,21,23). The highest BCUT2D eigenvalue weighted by Crippen LogP contribution is 2.42. The van der Waals surface area contributed by atoms with E-state index in [4.69, 9.17) is 34.8 Å². The number of alkyl halides is 3. The summed E-state index contributed by atoms with van der Waals surface area (Å²) in [5, 5.41) is 4.59. The summed E-state index contributed by atoms with van der Waals surface area (Å²) in [6.45, 7) is 3.80. The molecule has 0 atom stereocenters. The Labute approximate surface area is 163 Å². The number of amides is 2. The fourth-order valence-corrected chi connectivity index (χ4v) is 3.62. The molecule has 0 radical (unpaired) electrons. The van der Waals surface area contributed by atoms with Crippen molar-refractivity contribution in [3.8, 4) is 11.3 Å². The number of nitrogens with one attached hydrogen (secondary N) is 1. The zero-order chi connectivity index (χ0) is 18.6. The van der Waals surface area contributed by atoms with Crippen molar-refractivity contribution < 1.29 is 9.59 Å². The maximum absolute atomic E-state index is 12.4. The molecule has 2 amide bonds. The first kappa shape index (κ1) is 18.5. The molecule has 1 aromatic carbocycles. The number of aromatic nitrogens is 1. The average molecular weight is 419 g/mol. The first-order valence-electron chi connectivity index (χ1n) is 7.28. The SMILES string of the molecule is CN1C(=O)C(C)(C)c2cc(-c3csc(NC(=O)C(Cl)(Cl)Cl)n3)ccc21. The van der Waals surface area contributed by atoms with Gasteiger partial charge in [-0.25, -0.2) is 4.98 Å². The number of hydrogen-bond donors (Lipinski definition) is 1. The van der Waals surface area contributed by atoms with Crippen LogP contribution in [-0.4, -0.2) is 27.6 Å². The predicted molar refractivity (Wildman–Crippen MR) is 103 cm³/mol. The van der Waals surface area contributed by atoms with Crippen LogP contribution in [0, 0.1) is 0 Å². The van der Waals surface area contributed by atoms with Crippen LogP contribution in [0.3, 0.4) is 0 Å². The van der Waals surface area contributed by atoms with Crippen molar-refractivity contribution in [3.05, 3.63) is 29.1 Å². The number of fused-ring (bicyclic) bond motifs is 1. The number of rotatable bonds is 2. The molecule has 1 aromatic heterocycles. The number of benzene rings is 1. The van der Waals surface area contributed by atoms with Crippen LogP contribution in [0.1, 0.15) is 19.4 Å². The van der Waals surface area contributed by atoms with Crippen LogP contribution >= 0.6 is 46.1 Å². The highest BCUT2D eigenvalue weighted by Gasteiger charge is 2.42. The van der Waals surface area contributed by atoms with E-state index >= 15 is 0 Å². The molecular formula is C16H14Cl3N3O2S. The van der Waals surface area contributed by atoms with Gasteiger partial charge in [0, 0.05) is 23.7 Å². The van der Waals surface area contributed by atoms with E-state index in [0.717, 1.165) is 16.8 Å². The normalized spacial score (nSPS) is 16.1. The van der Waals surface area contributed by atoms with E-state index < -0.39 is 15.1 Å². The molecular weight excluding hydrogens is 405 g/mol. The van der Waals surface area contributed by atoms with Gasteiger partial charge in [-0.3, -0.25) is 14.9 Å². The molecule has 0 fully saturated rings. The fraction of sp³-hybridized carbons (Fsp3) is 0.312. The lowest BCUT2D eigenvalue weighted by atomic mass is 9.85. The number of nitrogens with zero attached hydrogens (tertiary/aromatic N) is 2. The van der Waals surface area contributed by atoms with Gasteiger partial charge in [-0.1, -0.05) is 40.9 Å². The molecule has 0 saturated heterocycles. The molecule has 1 aliphatic heterocycles. The number of thiazole rings is 1. The minimum absolute atomic E-state index is 0.0496. The smallest absolute Gasteiger partial charge is 0.278 e. The van der Waals surface area contributed by atoms with Crippen molar-refractivity contribution in [2.45, 2.75) is 23.1 Å². The van der Waals surface area contributed by atoms with Gasteiger partial charge in [0.1, 0.15) is 0 Å². The molecule has 132 valence electrons. The van der Waals surface area contributed by atoms with Crippen molar-refractivity contribution in [3.63, 3.8) is 0 Å². The molecule has 0 bridgehead atoms. The number of carbonyl (C=O) groups excluding carboxylic acids is 2. The molecule has 1 N–H and O–H groups in total. The van der Waals surface area contributed by atoms with E-state index in [2.05, 4.69) is 10.3 Å². The highest BCUT2D eigenvalue weighted by molar-refractivity contribution is 7.14. The topological polar surface area (TPSA) is 62.3 Å². The Morgan fingerprint density at radius 3 is 2.64 bits per heavy atom. The molecule has 0 aliphatic carbocycles. The van der Waals surface area contributed by atoms with Crippen LogP contribution in [0.25, 0.3) is 11.3 Å². The van der Waals surface area contributed by atoms with Gasteiger partial charge in [-0.2, -0.15) is 0 Å². The van der Waals surface area contributed by atoms with Gasteiger partial charge in [0.25, 0.3) is 9.70 Å². The zero-order valence-corrected chi connectivity index (χ0v) is 16.6. The third-order valence-electron chi connectivity index (χ3n) is 4.15. The zero-order valence-electron chi connectivity index (χ0n) is 13.6. The highest BCUT2D eigenvalue weighted by atomic mass is 35.6. The minimum atomic E-state index is -2.05. The van der Waals surface area contributed by atoms with Gasteiger partial charge < -0.3 is 4.90 Å². The number of hydrogen-bond acceptors (Lipinski definition) is 4. The monoisotopic (exact) mass is 417 g/mol. The second-order valence-electron chi connectivity index (χ2n) is 6.21. The summed E-state index contributed by atoms with van der Waals surface area (Å²) in [4.78, 5) is 30.1. The Balaban J connectivity index is 1.92. The summed E-state index contributed by atoms with van der Waals surface area (Å²) in [7, 11) is 1.77. The third-order valence-corrected chi connectivity index (χ3v) is 5.42. The summed E-state index contributed by atoms with van der Waals surface area (Å²) in [6.07, 6.45) is 0. The van der Waals surface area contributed by atoms with Crippen molar-refractivity contribution in [1.82, 2.24) is 4.98 Å². The van der Waals surface area contributed by atoms with Crippen molar-refractivity contribution in [1.29, 1.82) is 0 Å². The first-order valence-corrected chi connectivity index (χ1v) is 9.30. The van der Waals surface area contributed by atoms with Gasteiger partial charge in [0.15, 0.2) is 5.13 Å². The third kappa shape index (κ3) is 3.24. The lowest BCUT2D eigenvalue weighted by molar-refractivity contribution is -0.121. The molecule has 2 heterocycles. The molecule has 0 saturated carbocycles. The summed E-state index contributed by atoms with van der Waals surface area (Å²) in [5.74, 6) is -0.714. The maximum atomic E-state index is 12.4. The Kier molecular flexibility index (Phi) is 4.52. The fourth-order valence-electron chi connectivity index (χ4n) is 2.76.